The van der Waals surface area contributed by atoms with Crippen LogP contribution in [0.3, 0.4) is 0 Å². The van der Waals surface area contributed by atoms with Crippen LogP contribution in [0.1, 0.15) is 39.1 Å². The molecule has 1 rings (SSSR count). The molecule has 0 aromatic carbocycles. The summed E-state index contributed by atoms with van der Waals surface area (Å²) in [5.74, 6) is 1.67. The first kappa shape index (κ1) is 15.2. The van der Waals surface area contributed by atoms with E-state index in [4.69, 9.17) is 0 Å². The van der Waals surface area contributed by atoms with Crippen molar-refractivity contribution in [1.82, 2.24) is 4.98 Å². The van der Waals surface area contributed by atoms with Gasteiger partial charge < -0.3 is 10.3 Å². The Kier molecular flexibility index (Phi) is 8.00. The van der Waals surface area contributed by atoms with Crippen LogP contribution in [0.15, 0.2) is 12.1 Å². The van der Waals surface area contributed by atoms with Gasteiger partial charge in [0.25, 0.3) is 0 Å². The molecule has 0 unspecified atom stereocenters. The lowest BCUT2D eigenvalue weighted by Crippen LogP contribution is -2.86. The molecular formula is C14H28N2. The molecule has 2 N–H and O–H groups in total. The van der Waals surface area contributed by atoms with E-state index in [1.165, 1.54) is 13.1 Å². The van der Waals surface area contributed by atoms with Crippen molar-refractivity contribution < 1.29 is 5.32 Å². The highest BCUT2D eigenvalue weighted by Crippen LogP contribution is 1.93. The van der Waals surface area contributed by atoms with E-state index in [0.29, 0.717) is 0 Å². The fraction of sp³-hybridized carbons (Fsp3) is 0.714. The zero-order valence-corrected chi connectivity index (χ0v) is 11.7. The third kappa shape index (κ3) is 9.78. The molecule has 94 valence electrons. The average Bonchev–Trinajstić information content (AvgIpc) is 2.49. The molecule has 1 heterocycles. The number of quaternary nitrogens is 1. The van der Waals surface area contributed by atoms with Gasteiger partial charge in [0.05, 0.1) is 13.1 Å². The fourth-order valence-electron chi connectivity index (χ4n) is 1.36. The molecule has 0 atom stereocenters. The van der Waals surface area contributed by atoms with Crippen molar-refractivity contribution in [3.05, 3.63) is 23.5 Å². The van der Waals surface area contributed by atoms with E-state index in [-0.39, 0.29) is 0 Å². The Labute approximate surface area is 101 Å². The van der Waals surface area contributed by atoms with E-state index in [0.717, 1.165) is 23.2 Å². The van der Waals surface area contributed by atoms with Gasteiger partial charge in [-0.25, -0.2) is 0 Å². The highest BCUT2D eigenvalue weighted by atomic mass is 14.9. The van der Waals surface area contributed by atoms with Crippen molar-refractivity contribution in [3.8, 4) is 0 Å². The number of aromatic nitrogens is 1. The fourth-order valence-corrected chi connectivity index (χ4v) is 1.36. The lowest BCUT2D eigenvalue weighted by Gasteiger charge is -2.05. The van der Waals surface area contributed by atoms with E-state index in [2.05, 4.69) is 38.0 Å². The van der Waals surface area contributed by atoms with Crippen LogP contribution in [0.4, 0.5) is 0 Å². The molecule has 0 saturated carbocycles. The molecule has 1 aromatic rings. The van der Waals surface area contributed by atoms with Gasteiger partial charge in [0.15, 0.2) is 0 Å². The summed E-state index contributed by atoms with van der Waals surface area (Å²) in [6, 6.07) is 4.02. The number of aryl methyl sites for hydroxylation is 2. The lowest BCUT2D eigenvalue weighted by molar-refractivity contribution is -0.664. The van der Waals surface area contributed by atoms with Gasteiger partial charge in [-0.2, -0.15) is 11.4 Å². The van der Waals surface area contributed by atoms with Gasteiger partial charge in [-0.15, -0.1) is 0 Å². The number of hydrogen-bond acceptors (Lipinski definition) is 0. The van der Waals surface area contributed by atoms with Crippen molar-refractivity contribution in [2.24, 2.45) is 11.8 Å². The molecule has 0 fully saturated rings. The molecule has 0 aliphatic carbocycles. The molecular weight excluding hydrogens is 196 g/mol. The molecule has 1 aromatic heterocycles. The van der Waals surface area contributed by atoms with Crippen LogP contribution in [0, 0.1) is 25.7 Å². The quantitative estimate of drug-likeness (QED) is 0.834. The van der Waals surface area contributed by atoms with Crippen molar-refractivity contribution in [1.29, 1.82) is 0 Å². The Bertz CT molecular complexity index is 237. The summed E-state index contributed by atoms with van der Waals surface area (Å²) in [4.78, 5) is 4.11. The first-order chi connectivity index (χ1) is 7.41. The molecule has 0 aliphatic heterocycles. The minimum atomic E-state index is 0.837. The number of nitrogens with zero attached hydrogens (tertiary/aromatic N) is 1. The second kappa shape index (κ2) is 8.40. The van der Waals surface area contributed by atoms with Crippen LogP contribution in [-0.4, -0.2) is 13.1 Å². The Morgan fingerprint density at radius 1 is 0.938 bits per heavy atom. The van der Waals surface area contributed by atoms with Crippen molar-refractivity contribution >= 4 is 0 Å². The van der Waals surface area contributed by atoms with Crippen molar-refractivity contribution in [3.63, 3.8) is 0 Å². The van der Waals surface area contributed by atoms with Crippen molar-refractivity contribution in [2.75, 3.05) is 13.1 Å². The second-order valence-electron chi connectivity index (χ2n) is 5.28. The van der Waals surface area contributed by atoms with Crippen LogP contribution in [0.25, 0.3) is 0 Å². The summed E-state index contributed by atoms with van der Waals surface area (Å²) in [5.41, 5.74) is 2.22. The maximum Gasteiger partial charge on any atom is 0.0778 e. The standard InChI is InChI=1S/C8H19N.C6H8N/c1-7(2)5-9-6-8(3)4;1-5-3-4-6(2)7-5/h7-9H,5-6H2,1-4H3;3-4H,1-2H3/q;-1/p+1. The Balaban J connectivity index is 0.000000288. The molecule has 0 spiro atoms. The molecule has 2 nitrogen and oxygen atoms in total. The number of rotatable bonds is 4. The Hall–Kier alpha value is -0.760. The predicted octanol–water partition coefficient (Wildman–Crippen LogP) is 2.12. The summed E-state index contributed by atoms with van der Waals surface area (Å²) < 4.78 is 0. The average molecular weight is 224 g/mol. The van der Waals surface area contributed by atoms with Crippen molar-refractivity contribution in [2.45, 2.75) is 41.5 Å². The summed E-state index contributed by atoms with van der Waals surface area (Å²) >= 11 is 0. The maximum atomic E-state index is 4.11. The van der Waals surface area contributed by atoms with E-state index in [9.17, 15) is 0 Å². The molecule has 0 amide bonds. The van der Waals surface area contributed by atoms with E-state index >= 15 is 0 Å². The first-order valence-corrected chi connectivity index (χ1v) is 6.30. The zero-order valence-electron chi connectivity index (χ0n) is 11.7. The minimum absolute atomic E-state index is 0.837. The number of hydrogen-bond donors (Lipinski definition) is 1. The third-order valence-corrected chi connectivity index (χ3v) is 2.19. The summed E-state index contributed by atoms with van der Waals surface area (Å²) in [5, 5.41) is 2.40. The van der Waals surface area contributed by atoms with Gasteiger partial charge in [0.1, 0.15) is 0 Å². The van der Waals surface area contributed by atoms with Crippen LogP contribution < -0.4 is 10.3 Å². The van der Waals surface area contributed by atoms with E-state index in [1.807, 2.05) is 26.0 Å². The van der Waals surface area contributed by atoms with Gasteiger partial charge in [-0.05, 0) is 0 Å². The molecule has 16 heavy (non-hydrogen) atoms. The third-order valence-electron chi connectivity index (χ3n) is 2.19. The van der Waals surface area contributed by atoms with E-state index in [1.54, 1.807) is 0 Å². The predicted molar refractivity (Wildman–Crippen MR) is 70.6 cm³/mol. The minimum Gasteiger partial charge on any atom is -0.665 e. The van der Waals surface area contributed by atoms with Gasteiger partial charge >= 0.3 is 0 Å². The normalized spacial score (nSPS) is 10.5. The SMILES string of the molecule is CC(C)C[NH2+]CC(C)C.Cc1ccc(C)[n-]1. The Morgan fingerprint density at radius 3 is 1.50 bits per heavy atom. The zero-order chi connectivity index (χ0) is 12.6. The van der Waals surface area contributed by atoms with Gasteiger partial charge in [0, 0.05) is 11.8 Å². The monoisotopic (exact) mass is 224 g/mol. The highest BCUT2D eigenvalue weighted by Gasteiger charge is 1.97. The molecule has 0 radical (unpaired) electrons. The highest BCUT2D eigenvalue weighted by molar-refractivity contribution is 5.08. The maximum absolute atomic E-state index is 4.11. The molecule has 2 heteroatoms. The van der Waals surface area contributed by atoms with Crippen LogP contribution in [-0.2, 0) is 0 Å². The molecule has 0 aliphatic rings. The van der Waals surface area contributed by atoms with Crippen LogP contribution >= 0.6 is 0 Å². The lowest BCUT2D eigenvalue weighted by atomic mass is 10.2. The summed E-state index contributed by atoms with van der Waals surface area (Å²) in [7, 11) is 0. The van der Waals surface area contributed by atoms with Gasteiger partial charge in [-0.1, -0.05) is 53.7 Å². The van der Waals surface area contributed by atoms with Crippen LogP contribution in [0.2, 0.25) is 0 Å². The topological polar surface area (TPSA) is 30.7 Å². The first-order valence-electron chi connectivity index (χ1n) is 6.30. The Morgan fingerprint density at radius 2 is 1.31 bits per heavy atom. The smallest absolute Gasteiger partial charge is 0.0778 e. The van der Waals surface area contributed by atoms with E-state index < -0.39 is 0 Å². The molecule has 0 saturated heterocycles. The summed E-state index contributed by atoms with van der Waals surface area (Å²) in [6.45, 7) is 15.6. The molecule has 0 bridgehead atoms. The van der Waals surface area contributed by atoms with Gasteiger partial charge in [-0.3, -0.25) is 0 Å². The second-order valence-corrected chi connectivity index (χ2v) is 5.28. The largest absolute Gasteiger partial charge is 0.665 e. The summed E-state index contributed by atoms with van der Waals surface area (Å²) in [6.07, 6.45) is 0. The van der Waals surface area contributed by atoms with Gasteiger partial charge in [0.2, 0.25) is 0 Å². The number of nitrogens with two attached hydrogens (primary N) is 1. The van der Waals surface area contributed by atoms with Crippen LogP contribution in [0.5, 0.6) is 0 Å².